The number of nitrogens with one attached hydrogen (secondary N) is 1. The Morgan fingerprint density at radius 3 is 2.64 bits per heavy atom. The summed E-state index contributed by atoms with van der Waals surface area (Å²) in [5.74, 6) is -0.308. The first-order chi connectivity index (χ1) is 12.0. The van der Waals surface area contributed by atoms with E-state index in [4.69, 9.17) is 4.74 Å². The standard InChI is InChI=1S/C18H22FNO3S2/c1-2-16-6-7-17(24-16)25(21,22)20-13-18(8-10-23-11-9-18)14-4-3-5-15(19)12-14/h3-7,12,20H,2,8-11,13H2,1H3. The van der Waals surface area contributed by atoms with E-state index in [0.29, 0.717) is 30.3 Å². The van der Waals surface area contributed by atoms with Gasteiger partial charge >= 0.3 is 0 Å². The zero-order valence-electron chi connectivity index (χ0n) is 14.1. The number of benzene rings is 1. The van der Waals surface area contributed by atoms with Crippen molar-refractivity contribution in [2.24, 2.45) is 0 Å². The van der Waals surface area contributed by atoms with Gasteiger partial charge < -0.3 is 4.74 Å². The van der Waals surface area contributed by atoms with Crippen LogP contribution in [0, 0.1) is 5.82 Å². The summed E-state index contributed by atoms with van der Waals surface area (Å²) in [7, 11) is -3.57. The molecule has 2 aromatic rings. The molecule has 0 radical (unpaired) electrons. The molecule has 1 aliphatic rings. The van der Waals surface area contributed by atoms with Gasteiger partial charge in [-0.15, -0.1) is 11.3 Å². The smallest absolute Gasteiger partial charge is 0.250 e. The van der Waals surface area contributed by atoms with Crippen LogP contribution in [0.5, 0.6) is 0 Å². The number of rotatable bonds is 6. The molecule has 0 saturated carbocycles. The fraction of sp³-hybridized carbons (Fsp3) is 0.444. The van der Waals surface area contributed by atoms with Gasteiger partial charge in [-0.1, -0.05) is 19.1 Å². The average Bonchev–Trinajstić information content (AvgIpc) is 3.11. The van der Waals surface area contributed by atoms with Crippen molar-refractivity contribution in [3.05, 3.63) is 52.7 Å². The van der Waals surface area contributed by atoms with Crippen LogP contribution in [0.3, 0.4) is 0 Å². The van der Waals surface area contributed by atoms with Crippen molar-refractivity contribution in [3.8, 4) is 0 Å². The zero-order chi connectivity index (χ0) is 17.9. The minimum absolute atomic E-state index is 0.238. The Labute approximate surface area is 152 Å². The maximum absolute atomic E-state index is 13.7. The fourth-order valence-electron chi connectivity index (χ4n) is 3.14. The van der Waals surface area contributed by atoms with E-state index < -0.39 is 15.4 Å². The molecule has 1 aliphatic heterocycles. The van der Waals surface area contributed by atoms with Crippen LogP contribution in [0.4, 0.5) is 4.39 Å². The molecule has 1 fully saturated rings. The van der Waals surface area contributed by atoms with E-state index in [-0.39, 0.29) is 12.4 Å². The first-order valence-corrected chi connectivity index (χ1v) is 10.7. The number of thiophene rings is 1. The maximum Gasteiger partial charge on any atom is 0.250 e. The van der Waals surface area contributed by atoms with Gasteiger partial charge in [0.2, 0.25) is 10.0 Å². The third-order valence-electron chi connectivity index (χ3n) is 4.74. The highest BCUT2D eigenvalue weighted by atomic mass is 32.2. The van der Waals surface area contributed by atoms with E-state index >= 15 is 0 Å². The Hall–Kier alpha value is -1.28. The lowest BCUT2D eigenvalue weighted by Gasteiger charge is -2.37. The molecule has 0 spiro atoms. The van der Waals surface area contributed by atoms with Gasteiger partial charge in [0.1, 0.15) is 10.0 Å². The predicted molar refractivity (Wildman–Crippen MR) is 97.0 cm³/mol. The highest BCUT2D eigenvalue weighted by molar-refractivity contribution is 7.91. The van der Waals surface area contributed by atoms with E-state index in [2.05, 4.69) is 4.72 Å². The van der Waals surface area contributed by atoms with E-state index in [9.17, 15) is 12.8 Å². The second-order valence-electron chi connectivity index (χ2n) is 6.30. The summed E-state index contributed by atoms with van der Waals surface area (Å²) in [4.78, 5) is 1.03. The minimum atomic E-state index is -3.57. The lowest BCUT2D eigenvalue weighted by Crippen LogP contribution is -2.44. The van der Waals surface area contributed by atoms with Gasteiger partial charge in [-0.2, -0.15) is 0 Å². The highest BCUT2D eigenvalue weighted by Crippen LogP contribution is 2.35. The zero-order valence-corrected chi connectivity index (χ0v) is 15.8. The molecule has 1 aromatic carbocycles. The molecule has 3 rings (SSSR count). The van der Waals surface area contributed by atoms with Crippen LogP contribution in [0.15, 0.2) is 40.6 Å². The molecule has 0 aliphatic carbocycles. The van der Waals surface area contributed by atoms with E-state index in [1.807, 2.05) is 19.1 Å². The first kappa shape index (κ1) is 18.5. The van der Waals surface area contributed by atoms with Crippen molar-refractivity contribution in [3.63, 3.8) is 0 Å². The molecule has 4 nitrogen and oxygen atoms in total. The molecule has 1 saturated heterocycles. The number of halogens is 1. The van der Waals surface area contributed by atoms with Gasteiger partial charge in [-0.25, -0.2) is 17.5 Å². The van der Waals surface area contributed by atoms with Gasteiger partial charge in [0.15, 0.2) is 0 Å². The van der Waals surface area contributed by atoms with Crippen molar-refractivity contribution < 1.29 is 17.5 Å². The normalized spacial score (nSPS) is 17.5. The summed E-state index contributed by atoms with van der Waals surface area (Å²) in [5.41, 5.74) is 0.372. The van der Waals surface area contributed by atoms with Crippen LogP contribution >= 0.6 is 11.3 Å². The highest BCUT2D eigenvalue weighted by Gasteiger charge is 2.36. The van der Waals surface area contributed by atoms with Crippen molar-refractivity contribution in [1.82, 2.24) is 4.72 Å². The third-order valence-corrected chi connectivity index (χ3v) is 7.86. The van der Waals surface area contributed by atoms with Crippen molar-refractivity contribution in [2.45, 2.75) is 35.8 Å². The van der Waals surface area contributed by atoms with E-state index in [0.717, 1.165) is 16.9 Å². The summed E-state index contributed by atoms with van der Waals surface area (Å²) in [5, 5.41) is 0. The second kappa shape index (κ2) is 7.53. The lowest BCUT2D eigenvalue weighted by atomic mass is 9.74. The molecule has 0 bridgehead atoms. The summed E-state index contributed by atoms with van der Waals surface area (Å²) >= 11 is 1.29. The van der Waals surface area contributed by atoms with Gasteiger partial charge in [0.25, 0.3) is 0 Å². The SMILES string of the molecule is CCc1ccc(S(=O)(=O)NCC2(c3cccc(F)c3)CCOCC2)s1. The summed E-state index contributed by atoms with van der Waals surface area (Å²) < 4.78 is 47.5. The Morgan fingerprint density at radius 1 is 1.24 bits per heavy atom. The van der Waals surface area contributed by atoms with Crippen LogP contribution in [0.2, 0.25) is 0 Å². The summed E-state index contributed by atoms with van der Waals surface area (Å²) in [6.45, 7) is 3.31. The maximum atomic E-state index is 13.7. The van der Waals surface area contributed by atoms with E-state index in [1.165, 1.54) is 23.5 Å². The fourth-order valence-corrected chi connectivity index (χ4v) is 5.61. The number of hydrogen-bond acceptors (Lipinski definition) is 4. The molecule has 25 heavy (non-hydrogen) atoms. The van der Waals surface area contributed by atoms with Crippen molar-refractivity contribution in [2.75, 3.05) is 19.8 Å². The Morgan fingerprint density at radius 2 is 2.00 bits per heavy atom. The van der Waals surface area contributed by atoms with Gasteiger partial charge in [0, 0.05) is 30.1 Å². The molecule has 0 atom stereocenters. The first-order valence-electron chi connectivity index (χ1n) is 8.37. The molecule has 7 heteroatoms. The largest absolute Gasteiger partial charge is 0.381 e. The molecular formula is C18H22FNO3S2. The van der Waals surface area contributed by atoms with Crippen molar-refractivity contribution in [1.29, 1.82) is 0 Å². The van der Waals surface area contributed by atoms with Gasteiger partial charge in [-0.05, 0) is 49.1 Å². The van der Waals surface area contributed by atoms with Crippen molar-refractivity contribution >= 4 is 21.4 Å². The number of hydrogen-bond donors (Lipinski definition) is 1. The lowest BCUT2D eigenvalue weighted by molar-refractivity contribution is 0.0516. The van der Waals surface area contributed by atoms with Crippen LogP contribution in [-0.2, 0) is 26.6 Å². The molecule has 2 heterocycles. The van der Waals surface area contributed by atoms with Gasteiger partial charge in [0.05, 0.1) is 0 Å². The minimum Gasteiger partial charge on any atom is -0.381 e. The monoisotopic (exact) mass is 383 g/mol. The van der Waals surface area contributed by atoms with Crippen LogP contribution in [0.1, 0.15) is 30.2 Å². The molecule has 1 N–H and O–H groups in total. The number of aryl methyl sites for hydroxylation is 1. The topological polar surface area (TPSA) is 55.4 Å². The Kier molecular flexibility index (Phi) is 5.58. The molecule has 0 amide bonds. The summed E-state index contributed by atoms with van der Waals surface area (Å²) in [6, 6.07) is 9.92. The third kappa shape index (κ3) is 4.11. The van der Waals surface area contributed by atoms with Gasteiger partial charge in [-0.3, -0.25) is 0 Å². The Bertz CT molecular complexity index is 826. The molecule has 1 aromatic heterocycles. The van der Waals surface area contributed by atoms with Crippen LogP contribution in [0.25, 0.3) is 0 Å². The number of sulfonamides is 1. The average molecular weight is 384 g/mol. The van der Waals surface area contributed by atoms with E-state index in [1.54, 1.807) is 12.1 Å². The predicted octanol–water partition coefficient (Wildman–Crippen LogP) is 3.48. The molecule has 0 unspecified atom stereocenters. The van der Waals surface area contributed by atoms with Crippen LogP contribution < -0.4 is 4.72 Å². The second-order valence-corrected chi connectivity index (χ2v) is 9.46. The molecule has 136 valence electrons. The summed E-state index contributed by atoms with van der Waals surface area (Å²) in [6.07, 6.45) is 2.12. The van der Waals surface area contributed by atoms with Crippen LogP contribution in [-0.4, -0.2) is 28.2 Å². The number of ether oxygens (including phenoxy) is 1. The molecular weight excluding hydrogens is 361 g/mol. The Balaban J connectivity index is 1.84. The quantitative estimate of drug-likeness (QED) is 0.831.